The van der Waals surface area contributed by atoms with Gasteiger partial charge in [0.1, 0.15) is 24.0 Å². The van der Waals surface area contributed by atoms with Crippen molar-refractivity contribution in [3.05, 3.63) is 87.4 Å². The molecule has 0 aliphatic carbocycles. The van der Waals surface area contributed by atoms with E-state index in [1.807, 2.05) is 12.1 Å². The van der Waals surface area contributed by atoms with Gasteiger partial charge in [-0.2, -0.15) is 5.26 Å². The number of nitriles is 1. The highest BCUT2D eigenvalue weighted by molar-refractivity contribution is 5.85. The monoisotopic (exact) mass is 389 g/mol. The van der Waals surface area contributed by atoms with Crippen LogP contribution in [0.4, 0.5) is 0 Å². The molecule has 144 valence electrons. The van der Waals surface area contributed by atoms with Crippen molar-refractivity contribution in [2.24, 2.45) is 0 Å². The van der Waals surface area contributed by atoms with E-state index in [1.165, 1.54) is 16.8 Å². The second kappa shape index (κ2) is 7.78. The van der Waals surface area contributed by atoms with Crippen LogP contribution in [0.3, 0.4) is 0 Å². The van der Waals surface area contributed by atoms with Crippen LogP contribution >= 0.6 is 0 Å². The molecule has 0 unspecified atom stereocenters. The molecule has 0 atom stereocenters. The van der Waals surface area contributed by atoms with Crippen LogP contribution in [-0.4, -0.2) is 16.2 Å². The molecule has 0 fully saturated rings. The molecule has 0 aliphatic heterocycles. The molecule has 2 heterocycles. The number of aromatic amines is 1. The van der Waals surface area contributed by atoms with Crippen molar-refractivity contribution < 1.29 is 13.9 Å². The van der Waals surface area contributed by atoms with Gasteiger partial charge in [0, 0.05) is 18.3 Å². The van der Waals surface area contributed by atoms with E-state index in [1.54, 1.807) is 42.5 Å². The van der Waals surface area contributed by atoms with Crippen LogP contribution < -0.4 is 20.7 Å². The molecular formula is C21H15N3O5. The molecule has 4 rings (SSSR count). The number of furan rings is 1. The average molecular weight is 389 g/mol. The van der Waals surface area contributed by atoms with Gasteiger partial charge in [-0.15, -0.1) is 0 Å². The van der Waals surface area contributed by atoms with E-state index in [4.69, 9.17) is 19.2 Å². The van der Waals surface area contributed by atoms with Gasteiger partial charge in [-0.25, -0.2) is 4.79 Å². The van der Waals surface area contributed by atoms with Crippen molar-refractivity contribution in [3.63, 3.8) is 0 Å². The maximum atomic E-state index is 11.7. The van der Waals surface area contributed by atoms with E-state index in [0.717, 1.165) is 0 Å². The number of aromatic nitrogens is 2. The van der Waals surface area contributed by atoms with E-state index in [0.29, 0.717) is 28.2 Å². The number of rotatable bonds is 6. The second-order valence-electron chi connectivity index (χ2n) is 6.09. The third-order valence-electron chi connectivity index (χ3n) is 4.19. The zero-order valence-corrected chi connectivity index (χ0v) is 15.1. The lowest BCUT2D eigenvalue weighted by Crippen LogP contribution is -2.30. The second-order valence-corrected chi connectivity index (χ2v) is 6.09. The first kappa shape index (κ1) is 18.1. The number of ether oxygens (including phenoxy) is 2. The summed E-state index contributed by atoms with van der Waals surface area (Å²) in [6.45, 7) is 0.452. The fourth-order valence-electron chi connectivity index (χ4n) is 2.82. The van der Waals surface area contributed by atoms with Crippen molar-refractivity contribution in [1.82, 2.24) is 9.55 Å². The topological polar surface area (TPSA) is 110 Å². The Bertz CT molecular complexity index is 1330. The van der Waals surface area contributed by atoms with E-state index in [9.17, 15) is 9.59 Å². The van der Waals surface area contributed by atoms with Gasteiger partial charge in [0.05, 0.1) is 11.9 Å². The van der Waals surface area contributed by atoms with Gasteiger partial charge >= 0.3 is 5.69 Å². The number of hydrogen-bond acceptors (Lipinski definition) is 6. The summed E-state index contributed by atoms with van der Waals surface area (Å²) in [6, 6.07) is 17.3. The molecule has 29 heavy (non-hydrogen) atoms. The first-order chi connectivity index (χ1) is 14.1. The Morgan fingerprint density at radius 1 is 1.03 bits per heavy atom. The third-order valence-corrected chi connectivity index (χ3v) is 4.19. The highest BCUT2D eigenvalue weighted by Crippen LogP contribution is 2.36. The highest BCUT2D eigenvalue weighted by atomic mass is 16.5. The number of para-hydroxylation sites is 2. The van der Waals surface area contributed by atoms with Gasteiger partial charge in [-0.3, -0.25) is 14.3 Å². The maximum absolute atomic E-state index is 11.7. The van der Waals surface area contributed by atoms with Crippen LogP contribution in [0.15, 0.2) is 74.8 Å². The van der Waals surface area contributed by atoms with Crippen molar-refractivity contribution in [1.29, 1.82) is 5.26 Å². The van der Waals surface area contributed by atoms with Gasteiger partial charge in [-0.05, 0) is 24.3 Å². The average Bonchev–Trinajstić information content (AvgIpc) is 3.15. The quantitative estimate of drug-likeness (QED) is 0.543. The molecule has 4 aromatic rings. The van der Waals surface area contributed by atoms with Crippen LogP contribution in [0.1, 0.15) is 5.76 Å². The lowest BCUT2D eigenvalue weighted by atomic mass is 10.2. The first-order valence-corrected chi connectivity index (χ1v) is 8.76. The predicted octanol–water partition coefficient (Wildman–Crippen LogP) is 3.03. The maximum Gasteiger partial charge on any atom is 0.328 e. The largest absolute Gasteiger partial charge is 0.488 e. The molecule has 0 radical (unpaired) electrons. The normalized spacial score (nSPS) is 10.6. The van der Waals surface area contributed by atoms with Crippen molar-refractivity contribution >= 4 is 11.0 Å². The Morgan fingerprint density at radius 3 is 2.62 bits per heavy atom. The Kier molecular flexibility index (Phi) is 4.86. The molecule has 2 aromatic heterocycles. The number of nitrogens with one attached hydrogen (secondary N) is 1. The number of benzene rings is 2. The predicted molar refractivity (Wildman–Crippen MR) is 104 cm³/mol. The molecule has 0 saturated heterocycles. The minimum Gasteiger partial charge on any atom is -0.488 e. The summed E-state index contributed by atoms with van der Waals surface area (Å²) in [5.74, 6) is 1.70. The Morgan fingerprint density at radius 2 is 1.83 bits per heavy atom. The lowest BCUT2D eigenvalue weighted by molar-refractivity contribution is 0.283. The molecular weight excluding hydrogens is 374 g/mol. The summed E-state index contributed by atoms with van der Waals surface area (Å²) < 4.78 is 18.6. The molecule has 0 amide bonds. The fraction of sp³-hybridized carbons (Fsp3) is 0.0952. The molecule has 0 saturated carbocycles. The van der Waals surface area contributed by atoms with Crippen LogP contribution in [0.2, 0.25) is 0 Å². The standard InChI is InChI=1S/C21H15N3O5/c22-13-14-12-15-16(28-14)6-3-7-17(15)29-19-5-2-1-4-18(19)27-11-10-24-9-8-20(25)23-21(24)26/h1-9,12H,10-11H2,(H,23,25,26). The summed E-state index contributed by atoms with van der Waals surface area (Å²) in [5.41, 5.74) is -0.389. The highest BCUT2D eigenvalue weighted by Gasteiger charge is 2.12. The molecule has 0 spiro atoms. The van der Waals surface area contributed by atoms with Gasteiger partial charge in [0.2, 0.25) is 5.76 Å². The zero-order valence-electron chi connectivity index (χ0n) is 15.1. The minimum atomic E-state index is -0.495. The van der Waals surface area contributed by atoms with E-state index >= 15 is 0 Å². The van der Waals surface area contributed by atoms with Gasteiger partial charge < -0.3 is 13.9 Å². The SMILES string of the molecule is N#Cc1cc2c(Oc3ccccc3OCCn3ccc(=O)[nH]c3=O)cccc2o1. The third kappa shape index (κ3) is 3.89. The zero-order chi connectivity index (χ0) is 20.2. The Labute approximate surface area is 164 Å². The van der Waals surface area contributed by atoms with Crippen LogP contribution in [0.25, 0.3) is 11.0 Å². The molecule has 0 aliphatic rings. The lowest BCUT2D eigenvalue weighted by Gasteiger charge is -2.13. The van der Waals surface area contributed by atoms with E-state index in [-0.39, 0.29) is 18.9 Å². The summed E-state index contributed by atoms with van der Waals surface area (Å²) in [7, 11) is 0. The Balaban J connectivity index is 1.53. The number of nitrogens with zero attached hydrogens (tertiary/aromatic N) is 2. The van der Waals surface area contributed by atoms with Gasteiger partial charge in [0.25, 0.3) is 5.56 Å². The molecule has 1 N–H and O–H groups in total. The van der Waals surface area contributed by atoms with Gasteiger partial charge in [-0.1, -0.05) is 18.2 Å². The fourth-order valence-corrected chi connectivity index (χ4v) is 2.82. The minimum absolute atomic E-state index is 0.195. The van der Waals surface area contributed by atoms with Crippen molar-refractivity contribution in [2.45, 2.75) is 6.54 Å². The van der Waals surface area contributed by atoms with Crippen LogP contribution in [-0.2, 0) is 6.54 Å². The Hall–Kier alpha value is -4.25. The van der Waals surface area contributed by atoms with Crippen molar-refractivity contribution in [3.8, 4) is 23.3 Å². The summed E-state index contributed by atoms with van der Waals surface area (Å²) >= 11 is 0. The smallest absolute Gasteiger partial charge is 0.328 e. The summed E-state index contributed by atoms with van der Waals surface area (Å²) in [5, 5.41) is 9.72. The first-order valence-electron chi connectivity index (χ1n) is 8.76. The van der Waals surface area contributed by atoms with Crippen LogP contribution in [0, 0.1) is 11.3 Å². The van der Waals surface area contributed by atoms with E-state index < -0.39 is 11.2 Å². The van der Waals surface area contributed by atoms with Crippen molar-refractivity contribution in [2.75, 3.05) is 6.61 Å². The molecule has 8 nitrogen and oxygen atoms in total. The van der Waals surface area contributed by atoms with Gasteiger partial charge in [0.15, 0.2) is 11.5 Å². The van der Waals surface area contributed by atoms with E-state index in [2.05, 4.69) is 4.98 Å². The van der Waals surface area contributed by atoms with Crippen LogP contribution in [0.5, 0.6) is 17.2 Å². The molecule has 2 aromatic carbocycles. The number of H-pyrrole nitrogens is 1. The summed E-state index contributed by atoms with van der Waals surface area (Å²) in [4.78, 5) is 25.1. The number of fused-ring (bicyclic) bond motifs is 1. The summed E-state index contributed by atoms with van der Waals surface area (Å²) in [6.07, 6.45) is 1.42. The molecule has 8 heteroatoms. The number of hydrogen-bond donors (Lipinski definition) is 1. The molecule has 0 bridgehead atoms.